The van der Waals surface area contributed by atoms with Crippen molar-refractivity contribution in [3.8, 4) is 22.3 Å². The Morgan fingerprint density at radius 1 is 0.500 bits per heavy atom. The van der Waals surface area contributed by atoms with Gasteiger partial charge in [-0.15, -0.1) is 0 Å². The van der Waals surface area contributed by atoms with Crippen molar-refractivity contribution >= 4 is 0 Å². The van der Waals surface area contributed by atoms with Gasteiger partial charge in [0, 0.05) is 0 Å². The van der Waals surface area contributed by atoms with Crippen LogP contribution in [0.4, 0.5) is 0 Å². The van der Waals surface area contributed by atoms with E-state index in [0.29, 0.717) is 0 Å². The highest BCUT2D eigenvalue weighted by molar-refractivity contribution is 5.75. The molecule has 0 aliphatic rings. The number of aryl methyl sites for hydroxylation is 2. The van der Waals surface area contributed by atoms with Gasteiger partial charge in [0.25, 0.3) is 0 Å². The van der Waals surface area contributed by atoms with Gasteiger partial charge < -0.3 is 0 Å². The molecule has 0 spiro atoms. The first-order valence-electron chi connectivity index (χ1n) is 6.98. The first-order chi connectivity index (χ1) is 9.75. The molecular formula is C20H18. The molecule has 0 aliphatic carbocycles. The van der Waals surface area contributed by atoms with Gasteiger partial charge in [-0.25, -0.2) is 0 Å². The van der Waals surface area contributed by atoms with E-state index in [0.717, 1.165) is 0 Å². The van der Waals surface area contributed by atoms with E-state index < -0.39 is 0 Å². The van der Waals surface area contributed by atoms with Crippen LogP contribution in [0.3, 0.4) is 0 Å². The van der Waals surface area contributed by atoms with E-state index in [-0.39, 0.29) is 0 Å². The SMILES string of the molecule is Cc1ccccc1-c1cccc(-c2ccccc2C)c1. The summed E-state index contributed by atoms with van der Waals surface area (Å²) in [5.74, 6) is 0. The lowest BCUT2D eigenvalue weighted by Crippen LogP contribution is -1.86. The van der Waals surface area contributed by atoms with Crippen molar-refractivity contribution in [2.45, 2.75) is 13.8 Å². The van der Waals surface area contributed by atoms with E-state index in [1.54, 1.807) is 0 Å². The summed E-state index contributed by atoms with van der Waals surface area (Å²) in [6.07, 6.45) is 0. The van der Waals surface area contributed by atoms with Gasteiger partial charge in [-0.2, -0.15) is 0 Å². The third-order valence-electron chi connectivity index (χ3n) is 3.77. The largest absolute Gasteiger partial charge is 0.0620 e. The van der Waals surface area contributed by atoms with Crippen LogP contribution in [0.15, 0.2) is 72.8 Å². The van der Waals surface area contributed by atoms with Gasteiger partial charge in [0.2, 0.25) is 0 Å². The van der Waals surface area contributed by atoms with Gasteiger partial charge in [0.1, 0.15) is 0 Å². The van der Waals surface area contributed by atoms with Crippen molar-refractivity contribution in [3.63, 3.8) is 0 Å². The van der Waals surface area contributed by atoms with E-state index >= 15 is 0 Å². The smallest absolute Gasteiger partial charge is 0.0155 e. The molecule has 0 unspecified atom stereocenters. The molecule has 0 atom stereocenters. The molecule has 0 bridgehead atoms. The van der Waals surface area contributed by atoms with Gasteiger partial charge in [-0.1, -0.05) is 66.7 Å². The molecule has 3 aromatic carbocycles. The standard InChI is InChI=1S/C20H18/c1-15-8-3-5-12-19(15)17-10-7-11-18(14-17)20-13-6-4-9-16(20)2/h3-14H,1-2H3. The Bertz CT molecular complexity index is 678. The van der Waals surface area contributed by atoms with Crippen molar-refractivity contribution in [1.82, 2.24) is 0 Å². The minimum atomic E-state index is 1.28. The quantitative estimate of drug-likeness (QED) is 0.558. The summed E-state index contributed by atoms with van der Waals surface area (Å²) in [7, 11) is 0. The average molecular weight is 258 g/mol. The fraction of sp³-hybridized carbons (Fsp3) is 0.100. The summed E-state index contributed by atoms with van der Waals surface area (Å²) >= 11 is 0. The highest BCUT2D eigenvalue weighted by atomic mass is 14.1. The Balaban J connectivity index is 2.12. The van der Waals surface area contributed by atoms with Crippen molar-refractivity contribution in [1.29, 1.82) is 0 Å². The van der Waals surface area contributed by atoms with E-state index in [1.165, 1.54) is 33.4 Å². The minimum Gasteiger partial charge on any atom is -0.0620 e. The van der Waals surface area contributed by atoms with Crippen LogP contribution in [0.25, 0.3) is 22.3 Å². The van der Waals surface area contributed by atoms with Crippen LogP contribution in [-0.2, 0) is 0 Å². The Labute approximate surface area is 120 Å². The highest BCUT2D eigenvalue weighted by Gasteiger charge is 2.05. The molecule has 0 radical (unpaired) electrons. The monoisotopic (exact) mass is 258 g/mol. The molecule has 0 saturated heterocycles. The molecule has 20 heavy (non-hydrogen) atoms. The Morgan fingerprint density at radius 3 is 1.40 bits per heavy atom. The molecule has 0 heterocycles. The van der Waals surface area contributed by atoms with Gasteiger partial charge in [-0.3, -0.25) is 0 Å². The molecule has 0 aromatic heterocycles. The topological polar surface area (TPSA) is 0 Å². The summed E-state index contributed by atoms with van der Waals surface area (Å²) in [6.45, 7) is 4.32. The molecular weight excluding hydrogens is 240 g/mol. The van der Waals surface area contributed by atoms with Crippen LogP contribution in [0.1, 0.15) is 11.1 Å². The molecule has 3 rings (SSSR count). The predicted octanol–water partition coefficient (Wildman–Crippen LogP) is 5.64. The van der Waals surface area contributed by atoms with Crippen LogP contribution in [0, 0.1) is 13.8 Å². The van der Waals surface area contributed by atoms with Gasteiger partial charge in [0.15, 0.2) is 0 Å². The van der Waals surface area contributed by atoms with Crippen LogP contribution in [0.2, 0.25) is 0 Å². The maximum Gasteiger partial charge on any atom is -0.0155 e. The molecule has 3 aromatic rings. The zero-order valence-electron chi connectivity index (χ0n) is 11.9. The normalized spacial score (nSPS) is 10.5. The summed E-state index contributed by atoms with van der Waals surface area (Å²) < 4.78 is 0. The number of hydrogen-bond acceptors (Lipinski definition) is 0. The van der Waals surface area contributed by atoms with E-state index in [4.69, 9.17) is 0 Å². The molecule has 0 amide bonds. The van der Waals surface area contributed by atoms with Gasteiger partial charge in [0.05, 0.1) is 0 Å². The summed E-state index contributed by atoms with van der Waals surface area (Å²) in [5.41, 5.74) is 7.81. The fourth-order valence-corrected chi connectivity index (χ4v) is 2.65. The summed E-state index contributed by atoms with van der Waals surface area (Å²) in [4.78, 5) is 0. The van der Waals surface area contributed by atoms with Crippen LogP contribution < -0.4 is 0 Å². The van der Waals surface area contributed by atoms with Crippen LogP contribution in [-0.4, -0.2) is 0 Å². The number of benzene rings is 3. The zero-order valence-corrected chi connectivity index (χ0v) is 11.9. The molecule has 0 saturated carbocycles. The fourth-order valence-electron chi connectivity index (χ4n) is 2.65. The summed E-state index contributed by atoms with van der Waals surface area (Å²) in [5, 5.41) is 0. The Kier molecular flexibility index (Phi) is 3.39. The molecule has 0 heteroatoms. The van der Waals surface area contributed by atoms with Gasteiger partial charge in [-0.05, 0) is 53.3 Å². The maximum atomic E-state index is 2.28. The van der Waals surface area contributed by atoms with E-state index in [1.807, 2.05) is 0 Å². The number of hydrogen-bond donors (Lipinski definition) is 0. The van der Waals surface area contributed by atoms with E-state index in [9.17, 15) is 0 Å². The number of rotatable bonds is 2. The first kappa shape index (κ1) is 12.7. The summed E-state index contributed by atoms with van der Waals surface area (Å²) in [6, 6.07) is 25.9. The lowest BCUT2D eigenvalue weighted by Gasteiger charge is -2.10. The van der Waals surface area contributed by atoms with Crippen LogP contribution in [0.5, 0.6) is 0 Å². The van der Waals surface area contributed by atoms with Crippen molar-refractivity contribution in [2.75, 3.05) is 0 Å². The van der Waals surface area contributed by atoms with Crippen molar-refractivity contribution < 1.29 is 0 Å². The second-order valence-electron chi connectivity index (χ2n) is 5.21. The molecule has 0 aliphatic heterocycles. The zero-order chi connectivity index (χ0) is 13.9. The third kappa shape index (κ3) is 2.37. The molecule has 0 N–H and O–H groups in total. The van der Waals surface area contributed by atoms with Crippen molar-refractivity contribution in [2.24, 2.45) is 0 Å². The van der Waals surface area contributed by atoms with Crippen molar-refractivity contribution in [3.05, 3.63) is 83.9 Å². The third-order valence-corrected chi connectivity index (χ3v) is 3.77. The minimum absolute atomic E-state index is 1.28. The maximum absolute atomic E-state index is 2.28. The lowest BCUT2D eigenvalue weighted by molar-refractivity contribution is 1.44. The molecule has 0 nitrogen and oxygen atoms in total. The molecule has 0 fully saturated rings. The Hall–Kier alpha value is -2.34. The average Bonchev–Trinajstić information content (AvgIpc) is 2.48. The molecule has 98 valence electrons. The van der Waals surface area contributed by atoms with Gasteiger partial charge >= 0.3 is 0 Å². The predicted molar refractivity (Wildman–Crippen MR) is 86.8 cm³/mol. The lowest BCUT2D eigenvalue weighted by atomic mass is 9.95. The Morgan fingerprint density at radius 2 is 0.950 bits per heavy atom. The second kappa shape index (κ2) is 5.34. The first-order valence-corrected chi connectivity index (χ1v) is 6.98. The van der Waals surface area contributed by atoms with E-state index in [2.05, 4.69) is 86.6 Å². The van der Waals surface area contributed by atoms with Crippen LogP contribution >= 0.6 is 0 Å². The highest BCUT2D eigenvalue weighted by Crippen LogP contribution is 2.29. The second-order valence-corrected chi connectivity index (χ2v) is 5.21.